The quantitative estimate of drug-likeness (QED) is 0.491. The summed E-state index contributed by atoms with van der Waals surface area (Å²) in [6, 6.07) is 26.3. The Balaban J connectivity index is 1.73. The lowest BCUT2D eigenvalue weighted by atomic mass is 10.1. The number of sulfonamides is 1. The standard InChI is InChI=1S/C25H28N2O4S/c1-20(31-24-16-14-23(15-17-24)26(2)32(3,29)30)25(28)27(18-21-10-6-4-7-11-21)19-22-12-8-5-9-13-22/h4-17,20H,18-19H2,1-3H3/t20-/m0/s1. The van der Waals surface area contributed by atoms with Gasteiger partial charge >= 0.3 is 0 Å². The van der Waals surface area contributed by atoms with Crippen molar-refractivity contribution in [1.82, 2.24) is 4.90 Å². The minimum atomic E-state index is -3.34. The zero-order chi connectivity index (χ0) is 23.1. The van der Waals surface area contributed by atoms with E-state index >= 15 is 0 Å². The summed E-state index contributed by atoms with van der Waals surface area (Å²) in [5, 5.41) is 0. The molecule has 0 saturated carbocycles. The lowest BCUT2D eigenvalue weighted by Gasteiger charge is -2.26. The Kier molecular flexibility index (Phi) is 7.53. The van der Waals surface area contributed by atoms with Crippen molar-refractivity contribution in [1.29, 1.82) is 0 Å². The number of anilines is 1. The summed E-state index contributed by atoms with van der Waals surface area (Å²) in [6.07, 6.45) is 0.438. The van der Waals surface area contributed by atoms with Gasteiger partial charge in [-0.15, -0.1) is 0 Å². The zero-order valence-corrected chi connectivity index (χ0v) is 19.3. The van der Waals surface area contributed by atoms with Crippen LogP contribution in [-0.4, -0.2) is 38.6 Å². The van der Waals surface area contributed by atoms with Gasteiger partial charge in [-0.2, -0.15) is 0 Å². The fraction of sp³-hybridized carbons (Fsp3) is 0.240. The van der Waals surface area contributed by atoms with Crippen LogP contribution in [0.4, 0.5) is 5.69 Å². The molecule has 0 spiro atoms. The first kappa shape index (κ1) is 23.3. The van der Waals surface area contributed by atoms with Crippen molar-refractivity contribution in [3.8, 4) is 5.75 Å². The maximum atomic E-state index is 13.3. The smallest absolute Gasteiger partial charge is 0.263 e. The third kappa shape index (κ3) is 6.34. The first-order valence-electron chi connectivity index (χ1n) is 10.3. The third-order valence-electron chi connectivity index (χ3n) is 5.10. The van der Waals surface area contributed by atoms with Crippen LogP contribution in [-0.2, 0) is 27.9 Å². The van der Waals surface area contributed by atoms with E-state index in [2.05, 4.69) is 0 Å². The molecule has 0 saturated heterocycles. The number of amides is 1. The second-order valence-electron chi connectivity index (χ2n) is 7.65. The summed E-state index contributed by atoms with van der Waals surface area (Å²) in [5.41, 5.74) is 2.60. The highest BCUT2D eigenvalue weighted by atomic mass is 32.2. The van der Waals surface area contributed by atoms with Crippen molar-refractivity contribution < 1.29 is 17.9 Å². The van der Waals surface area contributed by atoms with Crippen molar-refractivity contribution in [2.45, 2.75) is 26.1 Å². The monoisotopic (exact) mass is 452 g/mol. The summed E-state index contributed by atoms with van der Waals surface area (Å²) in [6.45, 7) is 2.67. The molecule has 3 rings (SSSR count). The molecule has 7 heteroatoms. The largest absolute Gasteiger partial charge is 0.481 e. The first-order chi connectivity index (χ1) is 15.2. The van der Waals surface area contributed by atoms with Crippen molar-refractivity contribution >= 4 is 21.6 Å². The van der Waals surface area contributed by atoms with E-state index < -0.39 is 16.1 Å². The summed E-state index contributed by atoms with van der Waals surface area (Å²) < 4.78 is 30.5. The predicted octanol–water partition coefficient (Wildman–Crippen LogP) is 4.08. The zero-order valence-electron chi connectivity index (χ0n) is 18.5. The van der Waals surface area contributed by atoms with Gasteiger partial charge in [0.15, 0.2) is 6.10 Å². The fourth-order valence-electron chi connectivity index (χ4n) is 3.26. The Bertz CT molecular complexity index is 1080. The summed E-state index contributed by atoms with van der Waals surface area (Å²) in [7, 11) is -1.86. The normalized spacial score (nSPS) is 12.1. The van der Waals surface area contributed by atoms with E-state index in [1.165, 1.54) is 11.4 Å². The lowest BCUT2D eigenvalue weighted by Crippen LogP contribution is -2.39. The van der Waals surface area contributed by atoms with Crippen LogP contribution in [0, 0.1) is 0 Å². The predicted molar refractivity (Wildman–Crippen MR) is 127 cm³/mol. The van der Waals surface area contributed by atoms with Gasteiger partial charge in [-0.3, -0.25) is 9.10 Å². The van der Waals surface area contributed by atoms with Gasteiger partial charge in [0.25, 0.3) is 5.91 Å². The molecule has 0 bridgehead atoms. The molecule has 0 aliphatic heterocycles. The Morgan fingerprint density at radius 3 is 1.75 bits per heavy atom. The van der Waals surface area contributed by atoms with Crippen LogP contribution in [0.1, 0.15) is 18.1 Å². The molecule has 0 radical (unpaired) electrons. The number of benzene rings is 3. The lowest BCUT2D eigenvalue weighted by molar-refractivity contribution is -0.139. The van der Waals surface area contributed by atoms with Crippen LogP contribution in [0.2, 0.25) is 0 Å². The number of carbonyl (C=O) groups excluding carboxylic acids is 1. The molecule has 0 fully saturated rings. The highest BCUT2D eigenvalue weighted by Gasteiger charge is 2.23. The first-order valence-corrected chi connectivity index (χ1v) is 12.2. The molecule has 3 aromatic carbocycles. The maximum Gasteiger partial charge on any atom is 0.263 e. The Hall–Kier alpha value is -3.32. The number of carbonyl (C=O) groups is 1. The average Bonchev–Trinajstić information content (AvgIpc) is 2.79. The van der Waals surface area contributed by atoms with Crippen LogP contribution < -0.4 is 9.04 Å². The van der Waals surface area contributed by atoms with E-state index in [1.807, 2.05) is 60.7 Å². The second-order valence-corrected chi connectivity index (χ2v) is 9.66. The minimum absolute atomic E-state index is 0.130. The van der Waals surface area contributed by atoms with Crippen LogP contribution in [0.3, 0.4) is 0 Å². The molecule has 1 amide bonds. The average molecular weight is 453 g/mol. The molecule has 0 aromatic heterocycles. The number of ether oxygens (including phenoxy) is 1. The minimum Gasteiger partial charge on any atom is -0.481 e. The highest BCUT2D eigenvalue weighted by Crippen LogP contribution is 2.22. The molecular formula is C25H28N2O4S. The summed E-state index contributed by atoms with van der Waals surface area (Å²) >= 11 is 0. The maximum absolute atomic E-state index is 13.3. The van der Waals surface area contributed by atoms with Gasteiger partial charge in [0.05, 0.1) is 11.9 Å². The van der Waals surface area contributed by atoms with Gasteiger partial charge < -0.3 is 9.64 Å². The molecule has 0 unspecified atom stereocenters. The van der Waals surface area contributed by atoms with Gasteiger partial charge in [0.1, 0.15) is 5.75 Å². The van der Waals surface area contributed by atoms with E-state index in [0.717, 1.165) is 17.4 Å². The van der Waals surface area contributed by atoms with Crippen molar-refractivity contribution in [2.24, 2.45) is 0 Å². The van der Waals surface area contributed by atoms with E-state index in [4.69, 9.17) is 4.74 Å². The van der Waals surface area contributed by atoms with Gasteiger partial charge in [-0.05, 0) is 42.3 Å². The molecule has 1 atom stereocenters. The van der Waals surface area contributed by atoms with E-state index in [9.17, 15) is 13.2 Å². The second kappa shape index (κ2) is 10.3. The SMILES string of the molecule is C[C@H](Oc1ccc(N(C)S(C)(=O)=O)cc1)C(=O)N(Cc1ccccc1)Cc1ccccc1. The Morgan fingerprint density at radius 2 is 1.31 bits per heavy atom. The van der Waals surface area contributed by atoms with Crippen molar-refractivity contribution in [2.75, 3.05) is 17.6 Å². The molecule has 0 heterocycles. The third-order valence-corrected chi connectivity index (χ3v) is 6.31. The van der Waals surface area contributed by atoms with Crippen molar-refractivity contribution in [3.05, 3.63) is 96.1 Å². The molecule has 3 aromatic rings. The molecule has 0 aliphatic carbocycles. The number of hydrogen-bond donors (Lipinski definition) is 0. The van der Waals surface area contributed by atoms with Crippen LogP contribution in [0.25, 0.3) is 0 Å². The summed E-state index contributed by atoms with van der Waals surface area (Å²) in [4.78, 5) is 15.1. The van der Waals surface area contributed by atoms with E-state index in [-0.39, 0.29) is 5.91 Å². The van der Waals surface area contributed by atoms with Crippen LogP contribution in [0.15, 0.2) is 84.9 Å². The van der Waals surface area contributed by atoms with Gasteiger partial charge in [0.2, 0.25) is 10.0 Å². The Morgan fingerprint density at radius 1 is 0.844 bits per heavy atom. The molecular weight excluding hydrogens is 424 g/mol. The number of nitrogens with zero attached hydrogens (tertiary/aromatic N) is 2. The highest BCUT2D eigenvalue weighted by molar-refractivity contribution is 7.92. The van der Waals surface area contributed by atoms with Crippen LogP contribution in [0.5, 0.6) is 5.75 Å². The molecule has 6 nitrogen and oxygen atoms in total. The van der Waals surface area contributed by atoms with E-state index in [0.29, 0.717) is 24.5 Å². The van der Waals surface area contributed by atoms with Crippen molar-refractivity contribution in [3.63, 3.8) is 0 Å². The van der Waals surface area contributed by atoms with Crippen LogP contribution >= 0.6 is 0 Å². The molecule has 0 N–H and O–H groups in total. The Labute approximate surface area is 190 Å². The molecule has 32 heavy (non-hydrogen) atoms. The van der Waals surface area contributed by atoms with Gasteiger partial charge in [-0.25, -0.2) is 8.42 Å². The number of hydrogen-bond acceptors (Lipinski definition) is 4. The molecule has 168 valence electrons. The van der Waals surface area contributed by atoms with Gasteiger partial charge in [0, 0.05) is 20.1 Å². The summed E-state index contributed by atoms with van der Waals surface area (Å²) in [5.74, 6) is 0.367. The van der Waals surface area contributed by atoms with E-state index in [1.54, 1.807) is 36.1 Å². The fourth-order valence-corrected chi connectivity index (χ4v) is 3.76. The molecule has 0 aliphatic rings. The topological polar surface area (TPSA) is 66.9 Å². The van der Waals surface area contributed by atoms with Gasteiger partial charge in [-0.1, -0.05) is 60.7 Å². The number of rotatable bonds is 9.